The van der Waals surface area contributed by atoms with Crippen LogP contribution in [0.5, 0.6) is 0 Å². The maximum absolute atomic E-state index is 5.63. The second kappa shape index (κ2) is 6.79. The molecule has 1 N–H and O–H groups in total. The van der Waals surface area contributed by atoms with E-state index in [-0.39, 0.29) is 0 Å². The Bertz CT molecular complexity index is 527. The van der Waals surface area contributed by atoms with E-state index in [9.17, 15) is 0 Å². The molecule has 1 heterocycles. The van der Waals surface area contributed by atoms with Gasteiger partial charge in [-0.3, -0.25) is 0 Å². The minimum Gasteiger partial charge on any atom is -0.419 e. The summed E-state index contributed by atoms with van der Waals surface area (Å²) in [4.78, 5) is 2.12. The average molecular weight is 325 g/mol. The van der Waals surface area contributed by atoms with E-state index in [2.05, 4.69) is 36.3 Å². The molecule has 1 aromatic heterocycles. The van der Waals surface area contributed by atoms with Crippen molar-refractivity contribution >= 4 is 15.9 Å². The molecule has 5 nitrogen and oxygen atoms in total. The first-order valence-corrected chi connectivity index (χ1v) is 6.89. The SMILES string of the molecule is CN(C)CCNCc1nnc(-c2ccccc2Br)o1. The van der Waals surface area contributed by atoms with Crippen LogP contribution in [-0.4, -0.2) is 42.3 Å². The van der Waals surface area contributed by atoms with Gasteiger partial charge in [0.15, 0.2) is 0 Å². The van der Waals surface area contributed by atoms with E-state index in [1.807, 2.05) is 38.4 Å². The van der Waals surface area contributed by atoms with Crippen LogP contribution in [0.4, 0.5) is 0 Å². The summed E-state index contributed by atoms with van der Waals surface area (Å²) in [5.74, 6) is 1.14. The monoisotopic (exact) mass is 324 g/mol. The van der Waals surface area contributed by atoms with Crippen molar-refractivity contribution in [3.8, 4) is 11.5 Å². The molecule has 0 bridgehead atoms. The van der Waals surface area contributed by atoms with E-state index in [4.69, 9.17) is 4.42 Å². The van der Waals surface area contributed by atoms with Crippen LogP contribution in [0.25, 0.3) is 11.5 Å². The first-order chi connectivity index (χ1) is 9.16. The van der Waals surface area contributed by atoms with E-state index >= 15 is 0 Å². The Morgan fingerprint density at radius 1 is 1.26 bits per heavy atom. The third-order valence-corrected chi connectivity index (χ3v) is 3.27. The van der Waals surface area contributed by atoms with Gasteiger partial charge in [0, 0.05) is 17.6 Å². The number of aromatic nitrogens is 2. The van der Waals surface area contributed by atoms with Gasteiger partial charge in [0.2, 0.25) is 11.8 Å². The molecule has 0 radical (unpaired) electrons. The van der Waals surface area contributed by atoms with Gasteiger partial charge in [-0.1, -0.05) is 12.1 Å². The zero-order valence-corrected chi connectivity index (χ0v) is 12.6. The number of hydrogen-bond donors (Lipinski definition) is 1. The van der Waals surface area contributed by atoms with Gasteiger partial charge in [0.05, 0.1) is 12.1 Å². The first-order valence-electron chi connectivity index (χ1n) is 6.09. The Balaban J connectivity index is 1.94. The number of rotatable bonds is 6. The highest BCUT2D eigenvalue weighted by molar-refractivity contribution is 9.10. The molecule has 102 valence electrons. The largest absolute Gasteiger partial charge is 0.419 e. The molecular formula is C13H17BrN4O. The summed E-state index contributed by atoms with van der Waals surface area (Å²) in [6.45, 7) is 2.45. The molecule has 0 amide bonds. The molecule has 0 aliphatic carbocycles. The Hall–Kier alpha value is -1.24. The fraction of sp³-hybridized carbons (Fsp3) is 0.385. The Morgan fingerprint density at radius 2 is 2.05 bits per heavy atom. The summed E-state index contributed by atoms with van der Waals surface area (Å²) in [6, 6.07) is 7.79. The summed E-state index contributed by atoms with van der Waals surface area (Å²) >= 11 is 3.47. The second-order valence-corrected chi connectivity index (χ2v) is 5.32. The molecule has 1 aromatic carbocycles. The van der Waals surface area contributed by atoms with Crippen LogP contribution >= 0.6 is 15.9 Å². The molecule has 0 unspecified atom stereocenters. The summed E-state index contributed by atoms with van der Waals surface area (Å²) in [7, 11) is 4.08. The van der Waals surface area contributed by atoms with Crippen molar-refractivity contribution < 1.29 is 4.42 Å². The lowest BCUT2D eigenvalue weighted by Gasteiger charge is -2.08. The van der Waals surface area contributed by atoms with Gasteiger partial charge in [-0.25, -0.2) is 0 Å². The Morgan fingerprint density at radius 3 is 2.79 bits per heavy atom. The van der Waals surface area contributed by atoms with Gasteiger partial charge in [-0.05, 0) is 42.2 Å². The van der Waals surface area contributed by atoms with Crippen molar-refractivity contribution in [3.05, 3.63) is 34.6 Å². The summed E-state index contributed by atoms with van der Waals surface area (Å²) in [6.07, 6.45) is 0. The summed E-state index contributed by atoms with van der Waals surface area (Å²) in [5.41, 5.74) is 0.912. The van der Waals surface area contributed by atoms with Crippen LogP contribution in [0, 0.1) is 0 Å². The third-order valence-electron chi connectivity index (χ3n) is 2.58. The smallest absolute Gasteiger partial charge is 0.248 e. The topological polar surface area (TPSA) is 54.2 Å². The van der Waals surface area contributed by atoms with Crippen molar-refractivity contribution in [3.63, 3.8) is 0 Å². The number of halogens is 1. The zero-order valence-electron chi connectivity index (χ0n) is 11.1. The van der Waals surface area contributed by atoms with Crippen molar-refractivity contribution in [2.45, 2.75) is 6.54 Å². The van der Waals surface area contributed by atoms with E-state index in [1.165, 1.54) is 0 Å². The lowest BCUT2D eigenvalue weighted by molar-refractivity contribution is 0.390. The minimum atomic E-state index is 0.539. The maximum Gasteiger partial charge on any atom is 0.248 e. The van der Waals surface area contributed by atoms with Crippen molar-refractivity contribution in [2.75, 3.05) is 27.2 Å². The Labute approximate surface area is 121 Å². The van der Waals surface area contributed by atoms with E-state index < -0.39 is 0 Å². The number of hydrogen-bond acceptors (Lipinski definition) is 5. The Kier molecular flexibility index (Phi) is 5.07. The van der Waals surface area contributed by atoms with Gasteiger partial charge in [-0.15, -0.1) is 10.2 Å². The lowest BCUT2D eigenvalue weighted by atomic mass is 10.2. The van der Waals surface area contributed by atoms with Crippen LogP contribution in [0.15, 0.2) is 33.2 Å². The van der Waals surface area contributed by atoms with E-state index in [1.54, 1.807) is 0 Å². The fourth-order valence-electron chi connectivity index (χ4n) is 1.57. The second-order valence-electron chi connectivity index (χ2n) is 4.46. The highest BCUT2D eigenvalue weighted by atomic mass is 79.9. The van der Waals surface area contributed by atoms with Gasteiger partial charge in [0.25, 0.3) is 0 Å². The van der Waals surface area contributed by atoms with Crippen LogP contribution in [0.3, 0.4) is 0 Å². The van der Waals surface area contributed by atoms with Crippen molar-refractivity contribution in [2.24, 2.45) is 0 Å². The predicted octanol–water partition coefficient (Wildman–Crippen LogP) is 2.15. The maximum atomic E-state index is 5.63. The quantitative estimate of drug-likeness (QED) is 0.825. The number of likely N-dealkylation sites (N-methyl/N-ethyl adjacent to an activating group) is 1. The van der Waals surface area contributed by atoms with Crippen LogP contribution < -0.4 is 5.32 Å². The van der Waals surface area contributed by atoms with Gasteiger partial charge in [-0.2, -0.15) is 0 Å². The molecule has 2 rings (SSSR count). The molecule has 0 aliphatic rings. The van der Waals surface area contributed by atoms with Gasteiger partial charge in [0.1, 0.15) is 0 Å². The van der Waals surface area contributed by atoms with Crippen LogP contribution in [0.1, 0.15) is 5.89 Å². The lowest BCUT2D eigenvalue weighted by Crippen LogP contribution is -2.26. The van der Waals surface area contributed by atoms with E-state index in [0.29, 0.717) is 18.3 Å². The molecule has 0 spiro atoms. The highest BCUT2D eigenvalue weighted by Crippen LogP contribution is 2.26. The van der Waals surface area contributed by atoms with Crippen LogP contribution in [0.2, 0.25) is 0 Å². The molecule has 0 saturated carbocycles. The normalized spacial score (nSPS) is 11.2. The minimum absolute atomic E-state index is 0.539. The molecule has 2 aromatic rings. The first kappa shape index (κ1) is 14.2. The standard InChI is InChI=1S/C13H17BrN4O/c1-18(2)8-7-15-9-12-16-17-13(19-12)10-5-3-4-6-11(10)14/h3-6,15H,7-9H2,1-2H3. The summed E-state index contributed by atoms with van der Waals surface area (Å²) in [5, 5.41) is 11.4. The zero-order chi connectivity index (χ0) is 13.7. The number of nitrogens with zero attached hydrogens (tertiary/aromatic N) is 3. The summed E-state index contributed by atoms with van der Waals surface area (Å²) < 4.78 is 6.58. The molecular weight excluding hydrogens is 308 g/mol. The van der Waals surface area contributed by atoms with Gasteiger partial charge < -0.3 is 14.6 Å². The highest BCUT2D eigenvalue weighted by Gasteiger charge is 2.10. The number of benzene rings is 1. The fourth-order valence-corrected chi connectivity index (χ4v) is 2.02. The molecule has 0 atom stereocenters. The van der Waals surface area contributed by atoms with Gasteiger partial charge >= 0.3 is 0 Å². The molecule has 0 aliphatic heterocycles. The van der Waals surface area contributed by atoms with Crippen LogP contribution in [-0.2, 0) is 6.54 Å². The predicted molar refractivity (Wildman–Crippen MR) is 77.7 cm³/mol. The number of nitrogens with one attached hydrogen (secondary N) is 1. The molecule has 19 heavy (non-hydrogen) atoms. The van der Waals surface area contributed by atoms with E-state index in [0.717, 1.165) is 23.1 Å². The average Bonchev–Trinajstić information content (AvgIpc) is 2.83. The van der Waals surface area contributed by atoms with Crippen molar-refractivity contribution in [1.29, 1.82) is 0 Å². The molecule has 0 fully saturated rings. The third kappa shape index (κ3) is 4.12. The molecule has 0 saturated heterocycles. The molecule has 6 heteroatoms. The van der Waals surface area contributed by atoms with Crippen molar-refractivity contribution in [1.82, 2.24) is 20.4 Å².